The second-order valence-electron chi connectivity index (χ2n) is 6.18. The van der Waals surface area contributed by atoms with Crippen molar-refractivity contribution in [2.45, 2.75) is 32.2 Å². The van der Waals surface area contributed by atoms with E-state index in [0.29, 0.717) is 22.8 Å². The molecule has 8 nitrogen and oxygen atoms in total. The van der Waals surface area contributed by atoms with E-state index in [-0.39, 0.29) is 22.2 Å². The highest BCUT2D eigenvalue weighted by atomic mass is 32.1. The number of esters is 2. The van der Waals surface area contributed by atoms with E-state index in [9.17, 15) is 14.4 Å². The fourth-order valence-corrected chi connectivity index (χ4v) is 4.29. The van der Waals surface area contributed by atoms with Gasteiger partial charge in [0, 0.05) is 5.56 Å². The number of methoxy groups -OCH3 is 2. The molecule has 9 heteroatoms. The minimum atomic E-state index is -0.594. The lowest BCUT2D eigenvalue weighted by atomic mass is 10.1. The Morgan fingerprint density at radius 1 is 1.19 bits per heavy atom. The predicted molar refractivity (Wildman–Crippen MR) is 96.4 cm³/mol. The smallest absolute Gasteiger partial charge is 0.348 e. The number of carbonyl (C=O) groups excluding carboxylic acids is 2. The SMILES string of the molecule is COC(=O)Cc1c(C(=O)OC)sc2nc(CN3CCCCC3)[nH]c(=O)c12. The summed E-state index contributed by atoms with van der Waals surface area (Å²) in [6.45, 7) is 2.52. The number of rotatable bonds is 5. The first-order valence-electron chi connectivity index (χ1n) is 8.45. The Kier molecular flexibility index (Phi) is 5.67. The number of nitrogens with zero attached hydrogens (tertiary/aromatic N) is 2. The van der Waals surface area contributed by atoms with Crippen molar-refractivity contribution in [3.05, 3.63) is 26.6 Å². The van der Waals surface area contributed by atoms with Crippen LogP contribution in [-0.2, 0) is 27.2 Å². The summed E-state index contributed by atoms with van der Waals surface area (Å²) >= 11 is 1.07. The molecule has 0 atom stereocenters. The van der Waals surface area contributed by atoms with Crippen LogP contribution in [0.1, 0.15) is 40.3 Å². The number of thiophene rings is 1. The number of likely N-dealkylation sites (tertiary alicyclic amines) is 1. The van der Waals surface area contributed by atoms with Crippen LogP contribution in [0.15, 0.2) is 4.79 Å². The zero-order valence-corrected chi connectivity index (χ0v) is 15.6. The van der Waals surface area contributed by atoms with E-state index in [1.807, 2.05) is 0 Å². The van der Waals surface area contributed by atoms with E-state index in [4.69, 9.17) is 4.74 Å². The first-order valence-corrected chi connectivity index (χ1v) is 9.27. The molecule has 0 bridgehead atoms. The van der Waals surface area contributed by atoms with Gasteiger partial charge < -0.3 is 14.5 Å². The maximum absolute atomic E-state index is 12.6. The zero-order chi connectivity index (χ0) is 18.7. The number of nitrogens with one attached hydrogen (secondary N) is 1. The van der Waals surface area contributed by atoms with Crippen LogP contribution in [0, 0.1) is 0 Å². The minimum Gasteiger partial charge on any atom is -0.469 e. The molecule has 0 aliphatic carbocycles. The summed E-state index contributed by atoms with van der Waals surface area (Å²) in [6.07, 6.45) is 3.32. The summed E-state index contributed by atoms with van der Waals surface area (Å²) in [4.78, 5) is 46.6. The molecule has 0 unspecified atom stereocenters. The lowest BCUT2D eigenvalue weighted by molar-refractivity contribution is -0.139. The van der Waals surface area contributed by atoms with Gasteiger partial charge in [0.1, 0.15) is 15.5 Å². The molecule has 26 heavy (non-hydrogen) atoms. The van der Waals surface area contributed by atoms with Gasteiger partial charge in [-0.3, -0.25) is 14.5 Å². The summed E-state index contributed by atoms with van der Waals surface area (Å²) in [5.41, 5.74) is -0.0470. The second kappa shape index (κ2) is 7.96. The fourth-order valence-electron chi connectivity index (χ4n) is 3.16. The van der Waals surface area contributed by atoms with Gasteiger partial charge in [-0.05, 0) is 25.9 Å². The second-order valence-corrected chi connectivity index (χ2v) is 7.18. The highest BCUT2D eigenvalue weighted by Crippen LogP contribution is 2.29. The Morgan fingerprint density at radius 3 is 2.58 bits per heavy atom. The number of fused-ring (bicyclic) bond motifs is 1. The number of H-pyrrole nitrogens is 1. The molecular formula is C17H21N3O5S. The molecule has 0 aromatic carbocycles. The van der Waals surface area contributed by atoms with Gasteiger partial charge in [0.2, 0.25) is 0 Å². The molecule has 0 amide bonds. The van der Waals surface area contributed by atoms with Gasteiger partial charge >= 0.3 is 11.9 Å². The number of piperidine rings is 1. The zero-order valence-electron chi connectivity index (χ0n) is 14.8. The van der Waals surface area contributed by atoms with E-state index < -0.39 is 11.9 Å². The minimum absolute atomic E-state index is 0.183. The summed E-state index contributed by atoms with van der Waals surface area (Å²) in [6, 6.07) is 0. The summed E-state index contributed by atoms with van der Waals surface area (Å²) in [5.74, 6) is -0.567. The van der Waals surface area contributed by atoms with Crippen LogP contribution in [0.25, 0.3) is 10.2 Å². The van der Waals surface area contributed by atoms with Crippen molar-refractivity contribution < 1.29 is 19.1 Å². The molecule has 1 N–H and O–H groups in total. The third-order valence-electron chi connectivity index (χ3n) is 4.45. The fraction of sp³-hybridized carbons (Fsp3) is 0.529. The van der Waals surface area contributed by atoms with E-state index in [1.165, 1.54) is 20.6 Å². The Hall–Kier alpha value is -2.26. The average molecular weight is 379 g/mol. The molecule has 3 rings (SSSR count). The maximum atomic E-state index is 12.6. The maximum Gasteiger partial charge on any atom is 0.348 e. The summed E-state index contributed by atoms with van der Waals surface area (Å²) in [7, 11) is 2.52. The molecule has 140 valence electrons. The molecule has 1 aliphatic rings. The van der Waals surface area contributed by atoms with Gasteiger partial charge in [0.15, 0.2) is 0 Å². The highest BCUT2D eigenvalue weighted by molar-refractivity contribution is 7.20. The standard InChI is InChI=1S/C17H21N3O5S/c1-24-12(21)8-10-13-15(22)18-11(9-20-6-4-3-5-7-20)19-16(13)26-14(10)17(23)25-2/h3-9H2,1-2H3,(H,18,19,22). The van der Waals surface area contributed by atoms with Gasteiger partial charge in [0.05, 0.1) is 32.6 Å². The van der Waals surface area contributed by atoms with Gasteiger partial charge in [-0.25, -0.2) is 9.78 Å². The Morgan fingerprint density at radius 2 is 1.92 bits per heavy atom. The van der Waals surface area contributed by atoms with Gasteiger partial charge in [0.25, 0.3) is 5.56 Å². The lowest BCUT2D eigenvalue weighted by Crippen LogP contribution is -2.30. The molecule has 0 saturated carbocycles. The molecule has 3 heterocycles. The molecule has 2 aromatic rings. The molecule has 1 saturated heterocycles. The van der Waals surface area contributed by atoms with Crippen molar-refractivity contribution in [1.29, 1.82) is 0 Å². The lowest BCUT2D eigenvalue weighted by Gasteiger charge is -2.25. The molecule has 0 spiro atoms. The third kappa shape index (κ3) is 3.78. The largest absolute Gasteiger partial charge is 0.469 e. The van der Waals surface area contributed by atoms with Crippen LogP contribution in [0.2, 0.25) is 0 Å². The number of ether oxygens (including phenoxy) is 2. The van der Waals surface area contributed by atoms with E-state index >= 15 is 0 Å². The van der Waals surface area contributed by atoms with Gasteiger partial charge in [-0.15, -0.1) is 11.3 Å². The van der Waals surface area contributed by atoms with Crippen LogP contribution in [0.3, 0.4) is 0 Å². The topological polar surface area (TPSA) is 102 Å². The Bertz CT molecular complexity index is 882. The summed E-state index contributed by atoms with van der Waals surface area (Å²) in [5, 5.41) is 0.253. The van der Waals surface area contributed by atoms with E-state index in [2.05, 4.69) is 19.6 Å². The van der Waals surface area contributed by atoms with Crippen LogP contribution >= 0.6 is 11.3 Å². The molecule has 1 aliphatic heterocycles. The number of carbonyl (C=O) groups is 2. The van der Waals surface area contributed by atoms with E-state index in [1.54, 1.807) is 0 Å². The van der Waals surface area contributed by atoms with Gasteiger partial charge in [-0.1, -0.05) is 6.42 Å². The Balaban J connectivity index is 2.03. The van der Waals surface area contributed by atoms with Crippen molar-refractivity contribution in [3.63, 3.8) is 0 Å². The van der Waals surface area contributed by atoms with Crippen LogP contribution in [0.5, 0.6) is 0 Å². The number of hydrogen-bond acceptors (Lipinski definition) is 8. The highest BCUT2D eigenvalue weighted by Gasteiger charge is 2.25. The number of aromatic amines is 1. The number of hydrogen-bond donors (Lipinski definition) is 1. The first-order chi connectivity index (χ1) is 12.5. The van der Waals surface area contributed by atoms with Crippen LogP contribution in [0.4, 0.5) is 0 Å². The molecule has 1 fully saturated rings. The molecule has 0 radical (unpaired) electrons. The van der Waals surface area contributed by atoms with Gasteiger partial charge in [-0.2, -0.15) is 0 Å². The van der Waals surface area contributed by atoms with Crippen molar-refractivity contribution in [2.75, 3.05) is 27.3 Å². The molecular weight excluding hydrogens is 358 g/mol. The van der Waals surface area contributed by atoms with Crippen molar-refractivity contribution >= 4 is 33.5 Å². The van der Waals surface area contributed by atoms with Crippen molar-refractivity contribution in [3.8, 4) is 0 Å². The predicted octanol–water partition coefficient (Wildman–Crippen LogP) is 1.47. The molecule has 2 aromatic heterocycles. The van der Waals surface area contributed by atoms with Crippen LogP contribution in [-0.4, -0.2) is 54.1 Å². The quantitative estimate of drug-likeness (QED) is 0.785. The first kappa shape index (κ1) is 18.5. The average Bonchev–Trinajstić information content (AvgIpc) is 3.00. The Labute approximate surface area is 154 Å². The monoisotopic (exact) mass is 379 g/mol. The number of aromatic nitrogens is 2. The third-order valence-corrected chi connectivity index (χ3v) is 5.56. The van der Waals surface area contributed by atoms with Crippen LogP contribution < -0.4 is 5.56 Å². The van der Waals surface area contributed by atoms with Crippen molar-refractivity contribution in [2.24, 2.45) is 0 Å². The van der Waals surface area contributed by atoms with Crippen molar-refractivity contribution in [1.82, 2.24) is 14.9 Å². The normalized spacial score (nSPS) is 15.2. The summed E-state index contributed by atoms with van der Waals surface area (Å²) < 4.78 is 9.46. The van der Waals surface area contributed by atoms with E-state index in [0.717, 1.165) is 37.3 Å².